The summed E-state index contributed by atoms with van der Waals surface area (Å²) in [7, 11) is -2.42. The van der Waals surface area contributed by atoms with Crippen molar-refractivity contribution in [2.45, 2.75) is 11.3 Å². The van der Waals surface area contributed by atoms with Crippen LogP contribution < -0.4 is 14.4 Å². The molecular weight excluding hydrogens is 416 g/mol. The van der Waals surface area contributed by atoms with Crippen molar-refractivity contribution in [2.75, 3.05) is 23.3 Å². The van der Waals surface area contributed by atoms with Gasteiger partial charge in [0.05, 0.1) is 29.0 Å². The highest BCUT2D eigenvalue weighted by Crippen LogP contribution is 2.33. The first kappa shape index (κ1) is 19.4. The second kappa shape index (κ2) is 7.46. The number of nitrogens with one attached hydrogen (secondary N) is 1. The van der Waals surface area contributed by atoms with Gasteiger partial charge in [-0.25, -0.2) is 8.42 Å². The third kappa shape index (κ3) is 3.68. The highest BCUT2D eigenvalue weighted by atomic mass is 35.5. The summed E-state index contributed by atoms with van der Waals surface area (Å²) in [4.78, 5) is 14.2. The number of hydrogen-bond acceptors (Lipinski definition) is 5. The third-order valence-electron chi connectivity index (χ3n) is 4.64. The molecule has 4 rings (SSSR count). The average Bonchev–Trinajstić information content (AvgIpc) is 3.37. The number of benzene rings is 2. The van der Waals surface area contributed by atoms with Gasteiger partial charge >= 0.3 is 0 Å². The van der Waals surface area contributed by atoms with Gasteiger partial charge in [-0.05, 0) is 54.4 Å². The first-order valence-electron chi connectivity index (χ1n) is 8.74. The molecule has 1 aliphatic rings. The maximum atomic E-state index is 12.7. The lowest BCUT2D eigenvalue weighted by molar-refractivity contribution is 0.0963. The van der Waals surface area contributed by atoms with E-state index in [1.54, 1.807) is 29.2 Å². The van der Waals surface area contributed by atoms with E-state index in [9.17, 15) is 13.2 Å². The number of furan rings is 1. The number of ether oxygens (including phenoxy) is 1. The summed E-state index contributed by atoms with van der Waals surface area (Å²) in [6, 6.07) is 12.6. The highest BCUT2D eigenvalue weighted by Gasteiger charge is 2.28. The number of fused-ring (bicyclic) bond motifs is 1. The molecule has 0 fully saturated rings. The van der Waals surface area contributed by atoms with Crippen LogP contribution in [0.3, 0.4) is 0 Å². The van der Waals surface area contributed by atoms with Gasteiger partial charge in [0.15, 0.2) is 5.76 Å². The van der Waals surface area contributed by atoms with Crippen molar-refractivity contribution in [1.29, 1.82) is 0 Å². The van der Waals surface area contributed by atoms with Crippen LogP contribution in [0.2, 0.25) is 5.02 Å². The Labute approximate surface area is 172 Å². The van der Waals surface area contributed by atoms with Gasteiger partial charge in [0, 0.05) is 12.2 Å². The Hall–Kier alpha value is -2.97. The first-order chi connectivity index (χ1) is 13.9. The molecule has 0 unspecified atom stereocenters. The molecule has 7 nitrogen and oxygen atoms in total. The zero-order valence-corrected chi connectivity index (χ0v) is 17.0. The molecule has 0 bridgehead atoms. The van der Waals surface area contributed by atoms with E-state index in [-0.39, 0.29) is 21.6 Å². The van der Waals surface area contributed by atoms with Crippen LogP contribution >= 0.6 is 11.6 Å². The lowest BCUT2D eigenvalue weighted by Gasteiger charge is -2.17. The minimum Gasteiger partial charge on any atom is -0.495 e. The van der Waals surface area contributed by atoms with E-state index in [4.69, 9.17) is 20.8 Å². The van der Waals surface area contributed by atoms with Gasteiger partial charge in [-0.3, -0.25) is 9.52 Å². The van der Waals surface area contributed by atoms with Crippen molar-refractivity contribution in [2.24, 2.45) is 0 Å². The number of carbonyl (C=O) groups excluding carboxylic acids is 1. The van der Waals surface area contributed by atoms with Gasteiger partial charge in [-0.2, -0.15) is 0 Å². The summed E-state index contributed by atoms with van der Waals surface area (Å²) in [5.74, 6) is 0.350. The molecule has 0 saturated carbocycles. The molecule has 150 valence electrons. The zero-order valence-electron chi connectivity index (χ0n) is 15.4. The standard InChI is InChI=1S/C20H17ClN2O5S/c1-27-18-7-6-15(12-16(18)21)29(25,26)22-14-5-4-13-8-9-23(17(13)11-14)20(24)19-3-2-10-28-19/h2-7,10-12,22H,8-9H2,1H3. The molecule has 9 heteroatoms. The van der Waals surface area contributed by atoms with Gasteiger partial charge in [-0.15, -0.1) is 0 Å². The number of anilines is 2. The predicted octanol–water partition coefficient (Wildman–Crippen LogP) is 3.95. The molecule has 2 heterocycles. The van der Waals surface area contributed by atoms with Gasteiger partial charge in [-0.1, -0.05) is 17.7 Å². The number of amides is 1. The number of sulfonamides is 1. The number of nitrogens with zero attached hydrogens (tertiary/aromatic N) is 1. The molecule has 29 heavy (non-hydrogen) atoms. The maximum Gasteiger partial charge on any atom is 0.293 e. The molecular formula is C20H17ClN2O5S. The van der Waals surface area contributed by atoms with E-state index < -0.39 is 10.0 Å². The first-order valence-corrected chi connectivity index (χ1v) is 10.6. The van der Waals surface area contributed by atoms with Crippen LogP contribution in [-0.4, -0.2) is 28.0 Å². The normalized spacial score (nSPS) is 13.2. The molecule has 0 radical (unpaired) electrons. The summed E-state index contributed by atoms with van der Waals surface area (Å²) in [6.45, 7) is 0.499. The van der Waals surface area contributed by atoms with Crippen LogP contribution in [0.15, 0.2) is 64.1 Å². The Morgan fingerprint density at radius 2 is 2.03 bits per heavy atom. The number of carbonyl (C=O) groups is 1. The van der Waals surface area contributed by atoms with Crippen LogP contribution in [-0.2, 0) is 16.4 Å². The molecule has 1 N–H and O–H groups in total. The van der Waals surface area contributed by atoms with Crippen LogP contribution in [0.5, 0.6) is 5.75 Å². The van der Waals surface area contributed by atoms with E-state index in [1.807, 2.05) is 6.07 Å². The van der Waals surface area contributed by atoms with E-state index in [2.05, 4.69) is 4.72 Å². The van der Waals surface area contributed by atoms with Gasteiger partial charge in [0.25, 0.3) is 15.9 Å². The van der Waals surface area contributed by atoms with E-state index >= 15 is 0 Å². The average molecular weight is 433 g/mol. The Morgan fingerprint density at radius 1 is 1.21 bits per heavy atom. The summed E-state index contributed by atoms with van der Waals surface area (Å²) in [5.41, 5.74) is 1.95. The SMILES string of the molecule is COc1ccc(S(=O)(=O)Nc2ccc3c(c2)N(C(=O)c2ccco2)CC3)cc1Cl. The number of rotatable bonds is 5. The summed E-state index contributed by atoms with van der Waals surface area (Å²) < 4.78 is 38.3. The van der Waals surface area contributed by atoms with Crippen molar-refractivity contribution in [3.63, 3.8) is 0 Å². The number of halogens is 1. The third-order valence-corrected chi connectivity index (χ3v) is 6.32. The summed E-state index contributed by atoms with van der Waals surface area (Å²) in [5, 5.41) is 0.194. The highest BCUT2D eigenvalue weighted by molar-refractivity contribution is 7.92. The predicted molar refractivity (Wildman–Crippen MR) is 109 cm³/mol. The van der Waals surface area contributed by atoms with Crippen LogP contribution in [0.4, 0.5) is 11.4 Å². The fraction of sp³-hybridized carbons (Fsp3) is 0.150. The van der Waals surface area contributed by atoms with E-state index in [0.29, 0.717) is 30.1 Å². The minimum absolute atomic E-state index is 0.00677. The second-order valence-electron chi connectivity index (χ2n) is 6.43. The van der Waals surface area contributed by atoms with Gasteiger partial charge in [0.2, 0.25) is 0 Å². The minimum atomic E-state index is -3.87. The number of methoxy groups -OCH3 is 1. The summed E-state index contributed by atoms with van der Waals surface area (Å²) >= 11 is 6.05. The fourth-order valence-electron chi connectivity index (χ4n) is 3.22. The van der Waals surface area contributed by atoms with Gasteiger partial charge in [0.1, 0.15) is 5.75 Å². The fourth-order valence-corrected chi connectivity index (χ4v) is 4.61. The molecule has 1 aliphatic heterocycles. The largest absolute Gasteiger partial charge is 0.495 e. The van der Waals surface area contributed by atoms with Crippen LogP contribution in [0, 0.1) is 0 Å². The molecule has 2 aromatic carbocycles. The van der Waals surface area contributed by atoms with E-state index in [1.165, 1.54) is 31.6 Å². The Morgan fingerprint density at radius 3 is 2.72 bits per heavy atom. The van der Waals surface area contributed by atoms with Crippen molar-refractivity contribution in [3.8, 4) is 5.75 Å². The van der Waals surface area contributed by atoms with Crippen molar-refractivity contribution in [3.05, 3.63) is 71.1 Å². The molecule has 0 aliphatic carbocycles. The van der Waals surface area contributed by atoms with Crippen molar-refractivity contribution >= 4 is 38.9 Å². The van der Waals surface area contributed by atoms with Crippen LogP contribution in [0.1, 0.15) is 16.1 Å². The Balaban J connectivity index is 1.61. The van der Waals surface area contributed by atoms with Crippen LogP contribution in [0.25, 0.3) is 0 Å². The molecule has 0 spiro atoms. The van der Waals surface area contributed by atoms with E-state index in [0.717, 1.165) is 5.56 Å². The smallest absolute Gasteiger partial charge is 0.293 e. The lowest BCUT2D eigenvalue weighted by atomic mass is 10.1. The quantitative estimate of drug-likeness (QED) is 0.659. The maximum absolute atomic E-state index is 12.7. The topological polar surface area (TPSA) is 88.9 Å². The summed E-state index contributed by atoms with van der Waals surface area (Å²) in [6.07, 6.45) is 2.12. The van der Waals surface area contributed by atoms with Crippen molar-refractivity contribution in [1.82, 2.24) is 0 Å². The molecule has 0 saturated heterocycles. The second-order valence-corrected chi connectivity index (χ2v) is 8.52. The Bertz CT molecular complexity index is 1180. The molecule has 0 atom stereocenters. The zero-order chi connectivity index (χ0) is 20.6. The van der Waals surface area contributed by atoms with Crippen molar-refractivity contribution < 1.29 is 22.4 Å². The number of hydrogen-bond donors (Lipinski definition) is 1. The lowest BCUT2D eigenvalue weighted by Crippen LogP contribution is -2.28. The molecule has 1 amide bonds. The van der Waals surface area contributed by atoms with Gasteiger partial charge < -0.3 is 14.1 Å². The monoisotopic (exact) mass is 432 g/mol. The Kier molecular flexibility index (Phi) is 4.97. The molecule has 3 aromatic rings. The molecule has 1 aromatic heterocycles.